The standard InChI is InChI=1S/C15H28.C9H16/c1-4-14(5-2)11-12-15-8-6-7-13(3)9-10-15;1-8(2)7-9-5-3-4-6-9/h8,13-14H,4-7,9-12H2,1-3H3;9H,1,3-7H2,2H3. The molecule has 0 aromatic heterocycles. The molecule has 1 unspecified atom stereocenters. The van der Waals surface area contributed by atoms with E-state index >= 15 is 0 Å². The Labute approximate surface area is 153 Å². The van der Waals surface area contributed by atoms with Gasteiger partial charge in [0.15, 0.2) is 0 Å². The summed E-state index contributed by atoms with van der Waals surface area (Å²) in [6.07, 6.45) is 20.7. The average molecular weight is 333 g/mol. The molecule has 0 nitrogen and oxygen atoms in total. The summed E-state index contributed by atoms with van der Waals surface area (Å²) in [6.45, 7) is 13.1. The molecule has 2 rings (SSSR count). The van der Waals surface area contributed by atoms with E-state index in [0.29, 0.717) is 0 Å². The van der Waals surface area contributed by atoms with Gasteiger partial charge in [-0.1, -0.05) is 76.5 Å². The van der Waals surface area contributed by atoms with Crippen LogP contribution in [0.4, 0.5) is 0 Å². The third-order valence-corrected chi connectivity index (χ3v) is 6.19. The first-order chi connectivity index (χ1) is 11.5. The Morgan fingerprint density at radius 3 is 2.38 bits per heavy atom. The maximum atomic E-state index is 3.92. The zero-order valence-electron chi connectivity index (χ0n) is 17.2. The second kappa shape index (κ2) is 12.8. The molecule has 2 aliphatic rings. The Balaban J connectivity index is 0.000000272. The fraction of sp³-hybridized carbons (Fsp3) is 0.833. The van der Waals surface area contributed by atoms with Gasteiger partial charge in [-0.15, -0.1) is 6.58 Å². The lowest BCUT2D eigenvalue weighted by atomic mass is 9.93. The van der Waals surface area contributed by atoms with Gasteiger partial charge < -0.3 is 0 Å². The molecule has 0 aliphatic heterocycles. The van der Waals surface area contributed by atoms with Crippen molar-refractivity contribution in [1.29, 1.82) is 0 Å². The predicted octanol–water partition coefficient (Wildman–Crippen LogP) is 8.48. The van der Waals surface area contributed by atoms with E-state index in [1.54, 1.807) is 5.57 Å². The highest BCUT2D eigenvalue weighted by Crippen LogP contribution is 2.29. The molecule has 0 aromatic carbocycles. The molecule has 0 radical (unpaired) electrons. The van der Waals surface area contributed by atoms with Crippen molar-refractivity contribution >= 4 is 0 Å². The molecule has 0 N–H and O–H groups in total. The molecule has 1 fully saturated rings. The van der Waals surface area contributed by atoms with Crippen molar-refractivity contribution in [3.63, 3.8) is 0 Å². The summed E-state index contributed by atoms with van der Waals surface area (Å²) in [5, 5.41) is 0. The van der Waals surface area contributed by atoms with Crippen LogP contribution in [0.1, 0.15) is 111 Å². The van der Waals surface area contributed by atoms with E-state index in [1.807, 2.05) is 0 Å². The fourth-order valence-corrected chi connectivity index (χ4v) is 4.27. The Bertz CT molecular complexity index is 352. The van der Waals surface area contributed by atoms with E-state index in [0.717, 1.165) is 17.8 Å². The molecule has 0 aromatic rings. The van der Waals surface area contributed by atoms with Crippen LogP contribution < -0.4 is 0 Å². The van der Waals surface area contributed by atoms with Gasteiger partial charge in [0.1, 0.15) is 0 Å². The summed E-state index contributed by atoms with van der Waals surface area (Å²) in [5.41, 5.74) is 3.12. The molecule has 2 aliphatic carbocycles. The lowest BCUT2D eigenvalue weighted by Crippen LogP contribution is -1.98. The van der Waals surface area contributed by atoms with Crippen LogP contribution in [0.5, 0.6) is 0 Å². The van der Waals surface area contributed by atoms with Crippen molar-refractivity contribution in [3.8, 4) is 0 Å². The Kier molecular flexibility index (Phi) is 11.5. The van der Waals surface area contributed by atoms with Crippen molar-refractivity contribution in [3.05, 3.63) is 23.8 Å². The lowest BCUT2D eigenvalue weighted by Gasteiger charge is -2.13. The summed E-state index contributed by atoms with van der Waals surface area (Å²) < 4.78 is 0. The maximum Gasteiger partial charge on any atom is -0.0297 e. The second-order valence-corrected chi connectivity index (χ2v) is 8.62. The van der Waals surface area contributed by atoms with E-state index in [2.05, 4.69) is 40.3 Å². The monoisotopic (exact) mass is 332 g/mol. The zero-order valence-corrected chi connectivity index (χ0v) is 17.2. The van der Waals surface area contributed by atoms with Crippen LogP contribution >= 0.6 is 0 Å². The van der Waals surface area contributed by atoms with Gasteiger partial charge in [0.2, 0.25) is 0 Å². The highest BCUT2D eigenvalue weighted by Gasteiger charge is 2.14. The first kappa shape index (κ1) is 21.5. The van der Waals surface area contributed by atoms with Gasteiger partial charge in [0.25, 0.3) is 0 Å². The van der Waals surface area contributed by atoms with Gasteiger partial charge in [-0.2, -0.15) is 0 Å². The minimum absolute atomic E-state index is 0.951. The van der Waals surface area contributed by atoms with Gasteiger partial charge in [-0.3, -0.25) is 0 Å². The first-order valence-electron chi connectivity index (χ1n) is 10.9. The molecule has 0 saturated heterocycles. The summed E-state index contributed by atoms with van der Waals surface area (Å²) in [6, 6.07) is 0. The van der Waals surface area contributed by atoms with Crippen LogP contribution in [-0.2, 0) is 0 Å². The smallest absolute Gasteiger partial charge is 0.0297 e. The molecule has 0 bridgehead atoms. The zero-order chi connectivity index (χ0) is 17.8. The SMILES string of the molecule is C=C(C)CC1CCCC1.CCC(CC)CCC1=CCCC(C)CC1. The fourth-order valence-electron chi connectivity index (χ4n) is 4.27. The minimum Gasteiger partial charge on any atom is -0.100 e. The normalized spacial score (nSPS) is 21.9. The molecule has 1 atom stereocenters. The van der Waals surface area contributed by atoms with E-state index in [4.69, 9.17) is 0 Å². The molecule has 0 spiro atoms. The Morgan fingerprint density at radius 2 is 1.79 bits per heavy atom. The number of rotatable bonds is 7. The van der Waals surface area contributed by atoms with Gasteiger partial charge in [0.05, 0.1) is 0 Å². The minimum atomic E-state index is 0.951. The van der Waals surface area contributed by atoms with E-state index in [-0.39, 0.29) is 0 Å². The average Bonchev–Trinajstić information content (AvgIpc) is 2.96. The van der Waals surface area contributed by atoms with Crippen molar-refractivity contribution in [1.82, 2.24) is 0 Å². The van der Waals surface area contributed by atoms with E-state index in [1.165, 1.54) is 89.0 Å². The van der Waals surface area contributed by atoms with Gasteiger partial charge >= 0.3 is 0 Å². The quantitative estimate of drug-likeness (QED) is 0.410. The summed E-state index contributed by atoms with van der Waals surface area (Å²) in [7, 11) is 0. The summed E-state index contributed by atoms with van der Waals surface area (Å²) in [4.78, 5) is 0. The summed E-state index contributed by atoms with van der Waals surface area (Å²) in [5.74, 6) is 2.90. The number of hydrogen-bond acceptors (Lipinski definition) is 0. The number of allylic oxidation sites excluding steroid dienone is 3. The van der Waals surface area contributed by atoms with Crippen LogP contribution in [-0.4, -0.2) is 0 Å². The third kappa shape index (κ3) is 9.70. The second-order valence-electron chi connectivity index (χ2n) is 8.62. The largest absolute Gasteiger partial charge is 0.100 e. The van der Waals surface area contributed by atoms with Crippen LogP contribution in [0.25, 0.3) is 0 Å². The topological polar surface area (TPSA) is 0 Å². The maximum absolute atomic E-state index is 3.92. The van der Waals surface area contributed by atoms with Crippen molar-refractivity contribution in [2.45, 2.75) is 111 Å². The predicted molar refractivity (Wildman–Crippen MR) is 110 cm³/mol. The van der Waals surface area contributed by atoms with Crippen molar-refractivity contribution < 1.29 is 0 Å². The summed E-state index contributed by atoms with van der Waals surface area (Å²) >= 11 is 0. The Morgan fingerprint density at radius 1 is 1.12 bits per heavy atom. The van der Waals surface area contributed by atoms with Gasteiger partial charge in [0, 0.05) is 0 Å². The molecule has 24 heavy (non-hydrogen) atoms. The molecular weight excluding hydrogens is 288 g/mol. The van der Waals surface area contributed by atoms with Crippen LogP contribution in [0.3, 0.4) is 0 Å². The third-order valence-electron chi connectivity index (χ3n) is 6.19. The van der Waals surface area contributed by atoms with E-state index in [9.17, 15) is 0 Å². The van der Waals surface area contributed by atoms with Crippen molar-refractivity contribution in [2.24, 2.45) is 17.8 Å². The first-order valence-corrected chi connectivity index (χ1v) is 10.9. The van der Waals surface area contributed by atoms with Gasteiger partial charge in [-0.25, -0.2) is 0 Å². The Hall–Kier alpha value is -0.520. The molecule has 0 amide bonds. The van der Waals surface area contributed by atoms with Gasteiger partial charge in [-0.05, 0) is 69.6 Å². The molecule has 0 heterocycles. The van der Waals surface area contributed by atoms with E-state index < -0.39 is 0 Å². The highest BCUT2D eigenvalue weighted by molar-refractivity contribution is 5.04. The number of hydrogen-bond donors (Lipinski definition) is 0. The molecular formula is C24H44. The highest BCUT2D eigenvalue weighted by atomic mass is 14.2. The molecule has 1 saturated carbocycles. The molecule has 0 heteroatoms. The van der Waals surface area contributed by atoms with Crippen LogP contribution in [0, 0.1) is 17.8 Å². The van der Waals surface area contributed by atoms with Crippen LogP contribution in [0.15, 0.2) is 23.8 Å². The van der Waals surface area contributed by atoms with Crippen molar-refractivity contribution in [2.75, 3.05) is 0 Å². The lowest BCUT2D eigenvalue weighted by molar-refractivity contribution is 0.449. The molecule has 140 valence electrons. The van der Waals surface area contributed by atoms with Crippen LogP contribution in [0.2, 0.25) is 0 Å².